The Bertz CT molecular complexity index is 1690. The first-order chi connectivity index (χ1) is 26.4. The summed E-state index contributed by atoms with van der Waals surface area (Å²) in [4.78, 5) is 43.8. The molecule has 1 heterocycles. The normalized spacial score (nSPS) is 16.2. The maximum Gasteiger partial charge on any atom is 0.423 e. The second-order valence-corrected chi connectivity index (χ2v) is 16.9. The van der Waals surface area contributed by atoms with E-state index >= 15 is 0 Å². The molecule has 0 bridgehead atoms. The number of benzene rings is 2. The van der Waals surface area contributed by atoms with Gasteiger partial charge in [0.2, 0.25) is 5.91 Å². The molecule has 0 radical (unpaired) electrons. The van der Waals surface area contributed by atoms with Gasteiger partial charge in [-0.05, 0) is 100.0 Å². The quantitative estimate of drug-likeness (QED) is 0.0617. The highest BCUT2D eigenvalue weighted by Crippen LogP contribution is 2.45. The number of ether oxygens (including phenoxy) is 2. The minimum absolute atomic E-state index is 0.128. The highest BCUT2D eigenvalue weighted by Gasteiger charge is 2.39. The van der Waals surface area contributed by atoms with E-state index in [0.29, 0.717) is 11.8 Å². The van der Waals surface area contributed by atoms with Crippen LogP contribution in [0.15, 0.2) is 18.2 Å². The van der Waals surface area contributed by atoms with Crippen LogP contribution in [0.4, 0.5) is 24.5 Å². The number of amides is 1. The molecule has 2 N–H and O–H groups in total. The highest BCUT2D eigenvalue weighted by atomic mass is 19.4. The topological polar surface area (TPSA) is 145 Å². The number of hydrogen-bond donors (Lipinski definition) is 2. The lowest BCUT2D eigenvalue weighted by molar-refractivity contribution is -0.388. The number of carbonyl (C=O) groups is 3. The number of hydrogen-bond acceptors (Lipinski definition) is 7. The van der Waals surface area contributed by atoms with Gasteiger partial charge in [-0.1, -0.05) is 86.5 Å². The largest absolute Gasteiger partial charge is 0.487 e. The summed E-state index contributed by atoms with van der Waals surface area (Å²) in [7, 11) is 0. The van der Waals surface area contributed by atoms with Gasteiger partial charge in [-0.2, -0.15) is 13.2 Å². The number of alkyl halides is 3. The fourth-order valence-corrected chi connectivity index (χ4v) is 7.07. The van der Waals surface area contributed by atoms with Crippen molar-refractivity contribution in [3.05, 3.63) is 56.1 Å². The lowest BCUT2D eigenvalue weighted by Crippen LogP contribution is -2.37. The van der Waals surface area contributed by atoms with Crippen LogP contribution >= 0.6 is 0 Å². The van der Waals surface area contributed by atoms with E-state index in [4.69, 9.17) is 14.6 Å². The Morgan fingerprint density at radius 3 is 2.02 bits per heavy atom. The maximum atomic E-state index is 12.7. The van der Waals surface area contributed by atoms with E-state index in [1.54, 1.807) is 13.8 Å². The van der Waals surface area contributed by atoms with Crippen molar-refractivity contribution in [2.24, 2.45) is 23.7 Å². The maximum absolute atomic E-state index is 12.7. The van der Waals surface area contributed by atoms with Crippen LogP contribution in [0.5, 0.6) is 11.5 Å². The summed E-state index contributed by atoms with van der Waals surface area (Å²) in [5, 5.41) is 21.6. The molecule has 13 heteroatoms. The van der Waals surface area contributed by atoms with Crippen molar-refractivity contribution >= 4 is 29.2 Å². The Hall–Kier alpha value is -4.16. The molecule has 1 amide bonds. The minimum Gasteiger partial charge on any atom is -0.487 e. The smallest absolute Gasteiger partial charge is 0.423 e. The van der Waals surface area contributed by atoms with Crippen LogP contribution in [0.3, 0.4) is 0 Å². The first-order valence-electron chi connectivity index (χ1n) is 20.4. The first kappa shape index (κ1) is 49.0. The molecule has 0 fully saturated rings. The van der Waals surface area contributed by atoms with Gasteiger partial charge in [0.05, 0.1) is 17.8 Å². The highest BCUT2D eigenvalue weighted by molar-refractivity contribution is 5.92. The van der Waals surface area contributed by atoms with Crippen LogP contribution in [0, 0.1) is 54.6 Å². The molecular weight excluding hydrogens is 741 g/mol. The summed E-state index contributed by atoms with van der Waals surface area (Å²) in [6.07, 6.45) is 8.20. The van der Waals surface area contributed by atoms with E-state index < -0.39 is 46.1 Å². The molecule has 2 aromatic rings. The lowest BCUT2D eigenvalue weighted by atomic mass is 9.83. The monoisotopic (exact) mass is 806 g/mol. The molecule has 320 valence electrons. The number of nitro groups is 1. The van der Waals surface area contributed by atoms with Crippen molar-refractivity contribution in [2.75, 3.05) is 5.32 Å². The third-order valence-corrected chi connectivity index (χ3v) is 10.9. The number of carbonyl (C=O) groups excluding carboxylic acids is 2. The van der Waals surface area contributed by atoms with Crippen LogP contribution in [-0.2, 0) is 27.0 Å². The van der Waals surface area contributed by atoms with E-state index in [-0.39, 0.29) is 24.1 Å². The number of nitrogens with one attached hydrogen (secondary N) is 1. The molecule has 57 heavy (non-hydrogen) atoms. The molecule has 2 aromatic carbocycles. The van der Waals surface area contributed by atoms with Crippen LogP contribution in [-0.4, -0.2) is 33.5 Å². The Kier molecular flexibility index (Phi) is 19.0. The Balaban J connectivity index is 0.000000494. The molecule has 1 aliphatic rings. The molecular formula is C44H65F3N2O8. The second kappa shape index (κ2) is 22.1. The molecule has 3 atom stereocenters. The van der Waals surface area contributed by atoms with Crippen molar-refractivity contribution in [3.63, 3.8) is 0 Å². The number of fused-ring (bicyclic) bond motifs is 1. The summed E-state index contributed by atoms with van der Waals surface area (Å²) >= 11 is 0. The standard InChI is InChI=1S/C33H54O5.C11H11F3N2O3/c1-22(2)12-9-13-23(3)14-10-15-24(4)16-11-20-33(8)21-19-28-27(7)31(25(5)26(6)32(28)38-33)37-30(36)18-17-29(34)35;1-6(2)10(17)15-7-3-4-9(16(18)19)8(5-7)11(12,13)14/h22-24H,9-21H2,1-8H3,(H,34,35);3-6H,1-2H3,(H,15,17)/t23-,24-,33-;/m1./s1. The molecule has 0 aliphatic carbocycles. The molecule has 0 saturated carbocycles. The average molecular weight is 807 g/mol. The molecule has 10 nitrogen and oxygen atoms in total. The number of rotatable bonds is 19. The molecule has 1 aliphatic heterocycles. The van der Waals surface area contributed by atoms with Gasteiger partial charge in [0.15, 0.2) is 0 Å². The number of anilines is 1. The van der Waals surface area contributed by atoms with E-state index in [2.05, 4.69) is 39.9 Å². The zero-order valence-electron chi connectivity index (χ0n) is 35.6. The molecule has 3 rings (SSSR count). The number of halogens is 3. The Morgan fingerprint density at radius 2 is 1.49 bits per heavy atom. The van der Waals surface area contributed by atoms with Crippen molar-refractivity contribution < 1.29 is 47.1 Å². The first-order valence-corrected chi connectivity index (χ1v) is 20.4. The summed E-state index contributed by atoms with van der Waals surface area (Å²) in [6.45, 7) is 20.8. The molecule has 0 spiro atoms. The van der Waals surface area contributed by atoms with Gasteiger partial charge >= 0.3 is 18.1 Å². The number of esters is 1. The van der Waals surface area contributed by atoms with Crippen LogP contribution < -0.4 is 14.8 Å². The van der Waals surface area contributed by atoms with Crippen LogP contribution in [0.25, 0.3) is 0 Å². The van der Waals surface area contributed by atoms with E-state index in [0.717, 1.165) is 77.2 Å². The van der Waals surface area contributed by atoms with Gasteiger partial charge in [0.25, 0.3) is 5.69 Å². The van der Waals surface area contributed by atoms with Crippen molar-refractivity contribution in [1.29, 1.82) is 0 Å². The average Bonchev–Trinajstić information content (AvgIpc) is 3.11. The summed E-state index contributed by atoms with van der Waals surface area (Å²) in [5.74, 6) is 1.54. The van der Waals surface area contributed by atoms with Gasteiger partial charge < -0.3 is 19.9 Å². The summed E-state index contributed by atoms with van der Waals surface area (Å²) in [6, 6.07) is 2.34. The van der Waals surface area contributed by atoms with Crippen molar-refractivity contribution in [3.8, 4) is 11.5 Å². The number of carboxylic acids is 1. The van der Waals surface area contributed by atoms with Gasteiger partial charge in [0.1, 0.15) is 22.7 Å². The zero-order valence-corrected chi connectivity index (χ0v) is 35.6. The number of nitro benzene ring substituents is 1. The third kappa shape index (κ3) is 16.0. The molecule has 0 saturated heterocycles. The number of nitrogens with zero attached hydrogens (tertiary/aromatic N) is 1. The van der Waals surface area contributed by atoms with Crippen LogP contribution in [0.1, 0.15) is 153 Å². The fourth-order valence-electron chi connectivity index (χ4n) is 7.07. The Morgan fingerprint density at radius 1 is 0.912 bits per heavy atom. The lowest BCUT2D eigenvalue weighted by Gasteiger charge is -2.38. The van der Waals surface area contributed by atoms with Gasteiger partial charge in [-0.15, -0.1) is 0 Å². The minimum atomic E-state index is -4.86. The predicted octanol–water partition coefficient (Wildman–Crippen LogP) is 12.1. The van der Waals surface area contributed by atoms with Gasteiger partial charge in [-0.3, -0.25) is 24.5 Å². The number of aliphatic carboxylic acids is 1. The van der Waals surface area contributed by atoms with Gasteiger partial charge in [-0.25, -0.2) is 0 Å². The van der Waals surface area contributed by atoms with Crippen molar-refractivity contribution in [2.45, 2.75) is 164 Å². The predicted molar refractivity (Wildman–Crippen MR) is 217 cm³/mol. The summed E-state index contributed by atoms with van der Waals surface area (Å²) in [5.41, 5.74) is 1.20. The van der Waals surface area contributed by atoms with Gasteiger partial charge in [0, 0.05) is 23.2 Å². The third-order valence-electron chi connectivity index (χ3n) is 10.9. The van der Waals surface area contributed by atoms with E-state index in [1.807, 2.05) is 20.8 Å². The number of carboxylic acid groups (broad SMARTS) is 1. The van der Waals surface area contributed by atoms with Crippen molar-refractivity contribution in [1.82, 2.24) is 0 Å². The summed E-state index contributed by atoms with van der Waals surface area (Å²) < 4.78 is 50.3. The van der Waals surface area contributed by atoms with Crippen LogP contribution in [0.2, 0.25) is 0 Å². The second-order valence-electron chi connectivity index (χ2n) is 16.9. The zero-order chi connectivity index (χ0) is 43.2. The molecule has 0 unspecified atom stereocenters. The SMILES string of the molecule is CC(C)C(=O)Nc1ccc([N+](=O)[O-])c(C(F)(F)F)c1.Cc1c(C)c2c(c(C)c1OC(=O)CCC(=O)O)CC[C@@](C)(CCC[C@H](C)CCC[C@H](C)CCCC(C)C)O2. The van der Waals surface area contributed by atoms with E-state index in [1.165, 1.54) is 51.4 Å². The molecule has 0 aromatic heterocycles. The fraction of sp³-hybridized carbons (Fsp3) is 0.659. The Labute approximate surface area is 336 Å². The van der Waals surface area contributed by atoms with E-state index in [9.17, 15) is 37.7 Å².